The summed E-state index contributed by atoms with van der Waals surface area (Å²) in [4.78, 5) is 8.54. The Labute approximate surface area is 174 Å². The Morgan fingerprint density at radius 1 is 1.24 bits per heavy atom. The second-order valence-electron chi connectivity index (χ2n) is 7.99. The van der Waals surface area contributed by atoms with Crippen LogP contribution in [0, 0.1) is 5.41 Å². The molecule has 1 aromatic carbocycles. The highest BCUT2D eigenvalue weighted by Crippen LogP contribution is 2.40. The molecule has 29 heavy (non-hydrogen) atoms. The Kier molecular flexibility index (Phi) is 8.11. The van der Waals surface area contributed by atoms with E-state index in [-0.39, 0.29) is 0 Å². The molecule has 0 amide bonds. The summed E-state index contributed by atoms with van der Waals surface area (Å²) < 4.78 is 7.71. The minimum Gasteiger partial charge on any atom is -0.382 e. The lowest BCUT2D eigenvalue weighted by atomic mass is 9.83. The molecule has 1 heterocycles. The molecule has 6 heteroatoms. The number of aromatic nitrogens is 2. The number of hydrogen-bond donors (Lipinski definition) is 2. The van der Waals surface area contributed by atoms with E-state index in [0.717, 1.165) is 45.2 Å². The molecule has 0 atom stereocenters. The van der Waals surface area contributed by atoms with Gasteiger partial charge in [-0.05, 0) is 42.7 Å². The van der Waals surface area contributed by atoms with E-state index in [9.17, 15) is 0 Å². The van der Waals surface area contributed by atoms with E-state index in [1.54, 1.807) is 0 Å². The van der Waals surface area contributed by atoms with E-state index in [1.807, 2.05) is 25.8 Å². The van der Waals surface area contributed by atoms with Gasteiger partial charge >= 0.3 is 0 Å². The third kappa shape index (κ3) is 6.60. The van der Waals surface area contributed by atoms with Gasteiger partial charge in [0.15, 0.2) is 5.96 Å². The van der Waals surface area contributed by atoms with Crippen LogP contribution in [0.1, 0.15) is 50.2 Å². The van der Waals surface area contributed by atoms with Crippen LogP contribution in [0.3, 0.4) is 0 Å². The van der Waals surface area contributed by atoms with E-state index in [4.69, 9.17) is 4.74 Å². The molecule has 1 aromatic heterocycles. The van der Waals surface area contributed by atoms with Crippen molar-refractivity contribution in [2.75, 3.05) is 26.8 Å². The third-order valence-corrected chi connectivity index (χ3v) is 5.88. The van der Waals surface area contributed by atoms with Crippen molar-refractivity contribution in [1.82, 2.24) is 20.2 Å². The Morgan fingerprint density at radius 2 is 2.07 bits per heavy atom. The number of ether oxygens (including phenoxy) is 1. The summed E-state index contributed by atoms with van der Waals surface area (Å²) >= 11 is 0. The molecule has 0 bridgehead atoms. The first-order chi connectivity index (χ1) is 14.2. The van der Waals surface area contributed by atoms with Crippen molar-refractivity contribution >= 4 is 5.96 Å². The van der Waals surface area contributed by atoms with Crippen LogP contribution >= 0.6 is 0 Å². The number of benzene rings is 1. The van der Waals surface area contributed by atoms with Crippen molar-refractivity contribution in [2.45, 2.75) is 52.1 Å². The molecule has 1 aliphatic carbocycles. The van der Waals surface area contributed by atoms with E-state index in [2.05, 4.69) is 56.4 Å². The van der Waals surface area contributed by atoms with Crippen LogP contribution in [0.4, 0.5) is 0 Å². The second-order valence-corrected chi connectivity index (χ2v) is 7.99. The van der Waals surface area contributed by atoms with E-state index >= 15 is 0 Å². The average Bonchev–Trinajstić information content (AvgIpc) is 3.41. The molecule has 0 aliphatic heterocycles. The summed E-state index contributed by atoms with van der Waals surface area (Å²) in [5.74, 6) is 0.868. The van der Waals surface area contributed by atoms with Gasteiger partial charge in [-0.1, -0.05) is 37.1 Å². The standard InChI is InChI=1S/C23H35N5O/c1-3-29-14-11-23(9-4-5-10-23)18-27-22(24-2)26-16-20-7-6-8-21(15-20)17-28-13-12-25-19-28/h6-8,12-13,15,19H,3-5,9-11,14,16-18H2,1-2H3,(H2,24,26,27). The fourth-order valence-corrected chi connectivity index (χ4v) is 4.18. The van der Waals surface area contributed by atoms with Crippen molar-refractivity contribution in [3.63, 3.8) is 0 Å². The molecule has 0 unspecified atom stereocenters. The lowest BCUT2D eigenvalue weighted by Crippen LogP contribution is -2.43. The van der Waals surface area contributed by atoms with Crippen LogP contribution in [0.2, 0.25) is 0 Å². The van der Waals surface area contributed by atoms with Gasteiger partial charge in [0.1, 0.15) is 0 Å². The Hall–Kier alpha value is -2.34. The van der Waals surface area contributed by atoms with Gasteiger partial charge in [-0.25, -0.2) is 4.98 Å². The number of guanidine groups is 1. The minimum absolute atomic E-state index is 0.345. The fraction of sp³-hybridized carbons (Fsp3) is 0.565. The zero-order valence-electron chi connectivity index (χ0n) is 17.9. The highest BCUT2D eigenvalue weighted by molar-refractivity contribution is 5.79. The van der Waals surface area contributed by atoms with Crippen LogP contribution in [-0.2, 0) is 17.8 Å². The van der Waals surface area contributed by atoms with Gasteiger partial charge in [0.25, 0.3) is 0 Å². The van der Waals surface area contributed by atoms with E-state index < -0.39 is 0 Å². The number of aliphatic imine (C=N–C) groups is 1. The summed E-state index contributed by atoms with van der Waals surface area (Å²) in [6.07, 6.45) is 12.0. The number of imidazole rings is 1. The SMILES string of the molecule is CCOCCC1(CNC(=NC)NCc2cccc(Cn3ccnc3)c2)CCCC1. The van der Waals surface area contributed by atoms with E-state index in [1.165, 1.54) is 36.8 Å². The van der Waals surface area contributed by atoms with Crippen molar-refractivity contribution < 1.29 is 4.74 Å². The summed E-state index contributed by atoms with van der Waals surface area (Å²) in [7, 11) is 1.84. The van der Waals surface area contributed by atoms with Crippen molar-refractivity contribution in [2.24, 2.45) is 10.4 Å². The maximum Gasteiger partial charge on any atom is 0.191 e. The zero-order chi connectivity index (χ0) is 20.4. The average molecular weight is 398 g/mol. The highest BCUT2D eigenvalue weighted by Gasteiger charge is 2.33. The molecule has 158 valence electrons. The monoisotopic (exact) mass is 397 g/mol. The zero-order valence-corrected chi connectivity index (χ0v) is 17.9. The molecule has 1 fully saturated rings. The summed E-state index contributed by atoms with van der Waals surface area (Å²) in [6, 6.07) is 8.65. The first kappa shape index (κ1) is 21.4. The first-order valence-electron chi connectivity index (χ1n) is 10.8. The topological polar surface area (TPSA) is 63.5 Å². The lowest BCUT2D eigenvalue weighted by Gasteiger charge is -2.30. The van der Waals surface area contributed by atoms with Gasteiger partial charge in [-0.2, -0.15) is 0 Å². The van der Waals surface area contributed by atoms with E-state index in [0.29, 0.717) is 5.41 Å². The summed E-state index contributed by atoms with van der Waals surface area (Å²) in [6.45, 7) is 6.27. The van der Waals surface area contributed by atoms with Crippen molar-refractivity contribution in [1.29, 1.82) is 0 Å². The molecular formula is C23H35N5O. The van der Waals surface area contributed by atoms with Crippen LogP contribution in [0.5, 0.6) is 0 Å². The number of nitrogens with zero attached hydrogens (tertiary/aromatic N) is 3. The van der Waals surface area contributed by atoms with Gasteiger partial charge in [0.05, 0.1) is 6.33 Å². The van der Waals surface area contributed by atoms with Gasteiger partial charge in [-0.15, -0.1) is 0 Å². The molecule has 0 saturated heterocycles. The minimum atomic E-state index is 0.345. The normalized spacial score (nSPS) is 16.1. The summed E-state index contributed by atoms with van der Waals surface area (Å²) in [5, 5.41) is 7.04. The van der Waals surface area contributed by atoms with Gasteiger partial charge in [-0.3, -0.25) is 4.99 Å². The van der Waals surface area contributed by atoms with Crippen LogP contribution in [0.25, 0.3) is 0 Å². The Morgan fingerprint density at radius 3 is 2.79 bits per heavy atom. The predicted octanol–water partition coefficient (Wildman–Crippen LogP) is 3.58. The molecular weight excluding hydrogens is 362 g/mol. The number of nitrogens with one attached hydrogen (secondary N) is 2. The second kappa shape index (κ2) is 11.0. The van der Waals surface area contributed by atoms with Crippen LogP contribution in [-0.4, -0.2) is 42.3 Å². The Balaban J connectivity index is 1.50. The predicted molar refractivity (Wildman–Crippen MR) is 118 cm³/mol. The largest absolute Gasteiger partial charge is 0.382 e. The van der Waals surface area contributed by atoms with Gasteiger partial charge in [0.2, 0.25) is 0 Å². The quantitative estimate of drug-likeness (QED) is 0.365. The van der Waals surface area contributed by atoms with Crippen molar-refractivity contribution in [3.8, 4) is 0 Å². The molecule has 2 N–H and O–H groups in total. The molecule has 0 radical (unpaired) electrons. The molecule has 3 rings (SSSR count). The van der Waals surface area contributed by atoms with Crippen LogP contribution in [0.15, 0.2) is 48.0 Å². The number of rotatable bonds is 10. The van der Waals surface area contributed by atoms with Crippen molar-refractivity contribution in [3.05, 3.63) is 54.1 Å². The molecule has 1 aliphatic rings. The molecule has 2 aromatic rings. The lowest BCUT2D eigenvalue weighted by molar-refractivity contribution is 0.105. The van der Waals surface area contributed by atoms with Crippen LogP contribution < -0.4 is 10.6 Å². The third-order valence-electron chi connectivity index (χ3n) is 5.88. The smallest absolute Gasteiger partial charge is 0.191 e. The molecule has 0 spiro atoms. The van der Waals surface area contributed by atoms with Gasteiger partial charge < -0.3 is 19.9 Å². The van der Waals surface area contributed by atoms with Gasteiger partial charge in [0, 0.05) is 52.3 Å². The summed E-state index contributed by atoms with van der Waals surface area (Å²) in [5.41, 5.74) is 2.86. The maximum absolute atomic E-state index is 5.63. The highest BCUT2D eigenvalue weighted by atomic mass is 16.5. The maximum atomic E-state index is 5.63. The Bertz CT molecular complexity index is 750. The number of hydrogen-bond acceptors (Lipinski definition) is 3. The molecule has 6 nitrogen and oxygen atoms in total. The fourth-order valence-electron chi connectivity index (χ4n) is 4.18. The first-order valence-corrected chi connectivity index (χ1v) is 10.8. The molecule has 1 saturated carbocycles.